The highest BCUT2D eigenvalue weighted by Gasteiger charge is 2.13. The summed E-state index contributed by atoms with van der Waals surface area (Å²) >= 11 is 6.03. The zero-order valence-electron chi connectivity index (χ0n) is 14.2. The van der Waals surface area contributed by atoms with E-state index in [0.717, 1.165) is 45.0 Å². The van der Waals surface area contributed by atoms with E-state index in [2.05, 4.69) is 20.2 Å². The van der Waals surface area contributed by atoms with Gasteiger partial charge in [-0.25, -0.2) is 4.98 Å². The van der Waals surface area contributed by atoms with Gasteiger partial charge in [-0.2, -0.15) is 4.98 Å². The Hall–Kier alpha value is -2.09. The molecule has 1 aromatic heterocycles. The van der Waals surface area contributed by atoms with E-state index in [-0.39, 0.29) is 0 Å². The summed E-state index contributed by atoms with van der Waals surface area (Å²) < 4.78 is 11.1. The summed E-state index contributed by atoms with van der Waals surface area (Å²) in [6.45, 7) is 7.02. The Morgan fingerprint density at radius 1 is 1.32 bits per heavy atom. The number of aryl methyl sites for hydroxylation is 1. The first-order valence-corrected chi connectivity index (χ1v) is 8.60. The van der Waals surface area contributed by atoms with Gasteiger partial charge < -0.3 is 20.5 Å². The second-order valence-electron chi connectivity index (χ2n) is 5.83. The number of halogens is 1. The third-order valence-electron chi connectivity index (χ3n) is 4.02. The molecule has 25 heavy (non-hydrogen) atoms. The molecule has 8 heteroatoms. The number of benzene rings is 1. The van der Waals surface area contributed by atoms with Gasteiger partial charge in [-0.15, -0.1) is 0 Å². The molecule has 0 aliphatic carbocycles. The lowest BCUT2D eigenvalue weighted by Gasteiger charge is -2.26. The van der Waals surface area contributed by atoms with Crippen molar-refractivity contribution >= 4 is 23.1 Å². The SMILES string of the molecule is Cc1cc(Oc2ncnc(NCCN3CCOCC3)c2N)ccc1Cl. The predicted octanol–water partition coefficient (Wildman–Crippen LogP) is 2.56. The van der Waals surface area contributed by atoms with Crippen LogP contribution in [0.15, 0.2) is 24.5 Å². The number of rotatable bonds is 6. The number of ether oxygens (including phenoxy) is 2. The van der Waals surface area contributed by atoms with Crippen LogP contribution in [0.25, 0.3) is 0 Å². The van der Waals surface area contributed by atoms with E-state index >= 15 is 0 Å². The van der Waals surface area contributed by atoms with Crippen LogP contribution in [0, 0.1) is 6.92 Å². The van der Waals surface area contributed by atoms with Crippen molar-refractivity contribution in [2.45, 2.75) is 6.92 Å². The number of hydrogen-bond acceptors (Lipinski definition) is 7. The minimum absolute atomic E-state index is 0.325. The van der Waals surface area contributed by atoms with Crippen LogP contribution in [0.3, 0.4) is 0 Å². The fourth-order valence-electron chi connectivity index (χ4n) is 2.55. The number of morpholine rings is 1. The highest BCUT2D eigenvalue weighted by Crippen LogP contribution is 2.30. The molecule has 0 unspecified atom stereocenters. The van der Waals surface area contributed by atoms with Gasteiger partial charge in [0.1, 0.15) is 17.8 Å². The molecule has 1 fully saturated rings. The third-order valence-corrected chi connectivity index (χ3v) is 4.44. The van der Waals surface area contributed by atoms with Gasteiger partial charge >= 0.3 is 0 Å². The Balaban J connectivity index is 1.61. The van der Waals surface area contributed by atoms with E-state index in [1.54, 1.807) is 12.1 Å². The number of nitrogens with zero attached hydrogens (tertiary/aromatic N) is 3. The summed E-state index contributed by atoms with van der Waals surface area (Å²) in [7, 11) is 0. The lowest BCUT2D eigenvalue weighted by molar-refractivity contribution is 0.0398. The van der Waals surface area contributed by atoms with Gasteiger partial charge in [-0.3, -0.25) is 4.90 Å². The van der Waals surface area contributed by atoms with E-state index in [0.29, 0.717) is 28.2 Å². The maximum Gasteiger partial charge on any atom is 0.248 e. The number of nitrogens with two attached hydrogens (primary N) is 1. The van der Waals surface area contributed by atoms with Crippen molar-refractivity contribution in [2.75, 3.05) is 50.4 Å². The minimum atomic E-state index is 0.325. The van der Waals surface area contributed by atoms with Gasteiger partial charge in [0.2, 0.25) is 5.88 Å². The second kappa shape index (κ2) is 8.33. The molecule has 0 spiro atoms. The fraction of sp³-hybridized carbons (Fsp3) is 0.412. The van der Waals surface area contributed by atoms with Crippen molar-refractivity contribution in [3.8, 4) is 11.6 Å². The van der Waals surface area contributed by atoms with Crippen LogP contribution < -0.4 is 15.8 Å². The highest BCUT2D eigenvalue weighted by molar-refractivity contribution is 6.31. The van der Waals surface area contributed by atoms with Gasteiger partial charge in [-0.05, 0) is 30.7 Å². The van der Waals surface area contributed by atoms with Crippen molar-refractivity contribution < 1.29 is 9.47 Å². The van der Waals surface area contributed by atoms with Crippen LogP contribution in [-0.4, -0.2) is 54.3 Å². The van der Waals surface area contributed by atoms with E-state index in [1.165, 1.54) is 6.33 Å². The summed E-state index contributed by atoms with van der Waals surface area (Å²) in [5.41, 5.74) is 7.46. The molecule has 0 bridgehead atoms. The zero-order chi connectivity index (χ0) is 17.6. The van der Waals surface area contributed by atoms with Crippen LogP contribution >= 0.6 is 11.6 Å². The maximum atomic E-state index is 6.15. The maximum absolute atomic E-state index is 6.15. The summed E-state index contributed by atoms with van der Waals surface area (Å²) in [4.78, 5) is 10.7. The second-order valence-corrected chi connectivity index (χ2v) is 6.24. The molecule has 1 aliphatic heterocycles. The Morgan fingerprint density at radius 3 is 2.88 bits per heavy atom. The average molecular weight is 364 g/mol. The first-order valence-electron chi connectivity index (χ1n) is 8.22. The normalized spacial score (nSPS) is 15.1. The lowest BCUT2D eigenvalue weighted by atomic mass is 10.2. The molecule has 3 N–H and O–H groups in total. The van der Waals surface area contributed by atoms with Crippen LogP contribution in [-0.2, 0) is 4.74 Å². The smallest absolute Gasteiger partial charge is 0.248 e. The van der Waals surface area contributed by atoms with Crippen LogP contribution in [0.1, 0.15) is 5.56 Å². The van der Waals surface area contributed by atoms with E-state index in [4.69, 9.17) is 26.8 Å². The molecule has 1 aliphatic rings. The van der Waals surface area contributed by atoms with Gasteiger partial charge in [0.05, 0.1) is 13.2 Å². The van der Waals surface area contributed by atoms with E-state index in [9.17, 15) is 0 Å². The Morgan fingerprint density at radius 2 is 2.12 bits per heavy atom. The number of nitrogens with one attached hydrogen (secondary N) is 1. The standard InChI is InChI=1S/C17H22ClN5O2/c1-12-10-13(2-3-14(12)18)25-17-15(19)16(21-11-22-17)20-4-5-23-6-8-24-9-7-23/h2-3,10-11H,4-9,19H2,1H3,(H,20,21,22). The first kappa shape index (κ1) is 17.7. The van der Waals surface area contributed by atoms with Crippen molar-refractivity contribution in [3.05, 3.63) is 35.1 Å². The molecule has 1 aromatic carbocycles. The molecule has 0 amide bonds. The quantitative estimate of drug-likeness (QED) is 0.815. The van der Waals surface area contributed by atoms with Gasteiger partial charge in [0.25, 0.3) is 0 Å². The molecule has 1 saturated heterocycles. The molecular weight excluding hydrogens is 342 g/mol. The molecule has 7 nitrogen and oxygen atoms in total. The number of nitrogen functional groups attached to an aromatic ring is 1. The lowest BCUT2D eigenvalue weighted by Crippen LogP contribution is -2.39. The van der Waals surface area contributed by atoms with Gasteiger partial charge in [-0.1, -0.05) is 11.6 Å². The number of aromatic nitrogens is 2. The first-order chi connectivity index (χ1) is 12.1. The zero-order valence-corrected chi connectivity index (χ0v) is 14.9. The van der Waals surface area contributed by atoms with Crippen molar-refractivity contribution in [1.29, 1.82) is 0 Å². The van der Waals surface area contributed by atoms with Crippen LogP contribution in [0.4, 0.5) is 11.5 Å². The molecule has 3 rings (SSSR count). The monoisotopic (exact) mass is 363 g/mol. The Kier molecular flexibility index (Phi) is 5.91. The van der Waals surface area contributed by atoms with Crippen molar-refractivity contribution in [1.82, 2.24) is 14.9 Å². The van der Waals surface area contributed by atoms with Crippen LogP contribution in [0.5, 0.6) is 11.6 Å². The summed E-state index contributed by atoms with van der Waals surface area (Å²) in [6, 6.07) is 5.41. The average Bonchev–Trinajstić information content (AvgIpc) is 2.62. The van der Waals surface area contributed by atoms with Crippen molar-refractivity contribution in [2.24, 2.45) is 0 Å². The Bertz CT molecular complexity index is 722. The minimum Gasteiger partial charge on any atom is -0.437 e. The van der Waals surface area contributed by atoms with Gasteiger partial charge in [0, 0.05) is 31.2 Å². The largest absolute Gasteiger partial charge is 0.437 e. The predicted molar refractivity (Wildman–Crippen MR) is 98.5 cm³/mol. The molecule has 0 atom stereocenters. The number of anilines is 2. The fourth-order valence-corrected chi connectivity index (χ4v) is 2.67. The van der Waals surface area contributed by atoms with Gasteiger partial charge in [0.15, 0.2) is 5.82 Å². The summed E-state index contributed by atoms with van der Waals surface area (Å²) in [6.07, 6.45) is 1.44. The molecule has 2 heterocycles. The molecule has 2 aromatic rings. The summed E-state index contributed by atoms with van der Waals surface area (Å²) in [5.74, 6) is 1.53. The van der Waals surface area contributed by atoms with Crippen molar-refractivity contribution in [3.63, 3.8) is 0 Å². The van der Waals surface area contributed by atoms with E-state index < -0.39 is 0 Å². The topological polar surface area (TPSA) is 85.5 Å². The molecule has 0 radical (unpaired) electrons. The number of hydrogen-bond donors (Lipinski definition) is 2. The van der Waals surface area contributed by atoms with Crippen LogP contribution in [0.2, 0.25) is 5.02 Å². The molecule has 0 saturated carbocycles. The third kappa shape index (κ3) is 4.72. The Labute approximate surface area is 152 Å². The molecule has 134 valence electrons. The highest BCUT2D eigenvalue weighted by atomic mass is 35.5. The summed E-state index contributed by atoms with van der Waals surface area (Å²) in [5, 5.41) is 3.94. The molecular formula is C17H22ClN5O2. The van der Waals surface area contributed by atoms with E-state index in [1.807, 2.05) is 13.0 Å².